The van der Waals surface area contributed by atoms with Crippen LogP contribution in [-0.2, 0) is 12.1 Å². The fraction of sp³-hybridized carbons (Fsp3) is 0.312. The summed E-state index contributed by atoms with van der Waals surface area (Å²) >= 11 is 5.95. The summed E-state index contributed by atoms with van der Waals surface area (Å²) in [6.45, 7) is 4.77. The van der Waals surface area contributed by atoms with E-state index in [0.29, 0.717) is 11.6 Å². The van der Waals surface area contributed by atoms with E-state index in [1.54, 1.807) is 10.9 Å². The molecule has 0 amide bonds. The summed E-state index contributed by atoms with van der Waals surface area (Å²) in [5.74, 6) is 1.61. The molecule has 0 radical (unpaired) electrons. The zero-order valence-electron chi connectivity index (χ0n) is 13.0. The average Bonchev–Trinajstić information content (AvgIpc) is 3.25. The topological polar surface area (TPSA) is 68.8 Å². The summed E-state index contributed by atoms with van der Waals surface area (Å²) in [4.78, 5) is 0. The van der Waals surface area contributed by atoms with Crippen molar-refractivity contribution in [3.63, 3.8) is 0 Å². The second kappa shape index (κ2) is 6.52. The van der Waals surface area contributed by atoms with Crippen LogP contribution in [-0.4, -0.2) is 20.2 Å². The van der Waals surface area contributed by atoms with E-state index in [-0.39, 0.29) is 0 Å². The Kier molecular flexibility index (Phi) is 4.45. The van der Waals surface area contributed by atoms with Gasteiger partial charge in [-0.2, -0.15) is 4.68 Å². The SMILES string of the molecule is CCC(C)(NCc1ccco1)c1nnnn1-c1ccc(Cl)cc1. The minimum absolute atomic E-state index is 0.393. The lowest BCUT2D eigenvalue weighted by molar-refractivity contribution is 0.309. The van der Waals surface area contributed by atoms with Crippen molar-refractivity contribution in [1.82, 2.24) is 25.5 Å². The van der Waals surface area contributed by atoms with Crippen molar-refractivity contribution in [2.24, 2.45) is 0 Å². The molecule has 3 rings (SSSR count). The molecule has 1 N–H and O–H groups in total. The number of rotatable bonds is 6. The first kappa shape index (κ1) is 15.7. The summed E-state index contributed by atoms with van der Waals surface area (Å²) in [7, 11) is 0. The molecule has 0 saturated carbocycles. The summed E-state index contributed by atoms with van der Waals surface area (Å²) < 4.78 is 7.11. The van der Waals surface area contributed by atoms with E-state index >= 15 is 0 Å². The Bertz CT molecular complexity index is 753. The fourth-order valence-corrected chi connectivity index (χ4v) is 2.47. The lowest BCUT2D eigenvalue weighted by Gasteiger charge is -2.28. The van der Waals surface area contributed by atoms with Crippen molar-refractivity contribution in [3.05, 3.63) is 59.3 Å². The Morgan fingerprint density at radius 2 is 2.04 bits per heavy atom. The molecule has 23 heavy (non-hydrogen) atoms. The van der Waals surface area contributed by atoms with Crippen molar-refractivity contribution in [1.29, 1.82) is 0 Å². The number of hydrogen-bond acceptors (Lipinski definition) is 5. The quantitative estimate of drug-likeness (QED) is 0.750. The van der Waals surface area contributed by atoms with Gasteiger partial charge in [-0.15, -0.1) is 5.10 Å². The number of hydrogen-bond donors (Lipinski definition) is 1. The smallest absolute Gasteiger partial charge is 0.176 e. The first-order chi connectivity index (χ1) is 11.1. The zero-order valence-corrected chi connectivity index (χ0v) is 13.8. The molecule has 1 aromatic carbocycles. The van der Waals surface area contributed by atoms with Crippen molar-refractivity contribution in [3.8, 4) is 5.69 Å². The predicted octanol–water partition coefficient (Wildman–Crippen LogP) is 3.32. The molecule has 0 spiro atoms. The van der Waals surface area contributed by atoms with Crippen LogP contribution in [0.15, 0.2) is 47.1 Å². The van der Waals surface area contributed by atoms with Crippen LogP contribution in [0, 0.1) is 0 Å². The molecule has 2 aromatic heterocycles. The third-order valence-corrected chi connectivity index (χ3v) is 4.23. The lowest BCUT2D eigenvalue weighted by Crippen LogP contribution is -2.41. The Morgan fingerprint density at radius 3 is 2.70 bits per heavy atom. The first-order valence-electron chi connectivity index (χ1n) is 7.44. The highest BCUT2D eigenvalue weighted by Gasteiger charge is 2.31. The number of nitrogens with one attached hydrogen (secondary N) is 1. The molecule has 120 valence electrons. The molecule has 1 atom stereocenters. The van der Waals surface area contributed by atoms with Gasteiger partial charge in [-0.05, 0) is 60.2 Å². The Balaban J connectivity index is 1.89. The standard InChI is InChI=1S/C16H18ClN5O/c1-3-16(2,18-11-14-5-4-10-23-14)15-19-20-21-22(15)13-8-6-12(17)7-9-13/h4-10,18H,3,11H2,1-2H3. The van der Waals surface area contributed by atoms with Gasteiger partial charge in [0.1, 0.15) is 5.76 Å². The first-order valence-corrected chi connectivity index (χ1v) is 7.82. The normalized spacial score (nSPS) is 13.9. The Hall–Kier alpha value is -2.18. The summed E-state index contributed by atoms with van der Waals surface area (Å²) in [5, 5.41) is 16.4. The maximum atomic E-state index is 5.95. The van der Waals surface area contributed by atoms with Crippen molar-refractivity contribution in [2.75, 3.05) is 0 Å². The monoisotopic (exact) mass is 331 g/mol. The Morgan fingerprint density at radius 1 is 1.26 bits per heavy atom. The van der Waals surface area contributed by atoms with Crippen molar-refractivity contribution in [2.45, 2.75) is 32.4 Å². The second-order valence-corrected chi connectivity index (χ2v) is 5.95. The van der Waals surface area contributed by atoms with Crippen LogP contribution in [0.4, 0.5) is 0 Å². The van der Waals surface area contributed by atoms with Gasteiger partial charge in [-0.3, -0.25) is 5.32 Å². The summed E-state index contributed by atoms with van der Waals surface area (Å²) in [6, 6.07) is 11.2. The number of tetrazole rings is 1. The number of aromatic nitrogens is 4. The van der Waals surface area contributed by atoms with E-state index in [0.717, 1.165) is 23.7 Å². The van der Waals surface area contributed by atoms with Crippen LogP contribution in [0.25, 0.3) is 5.69 Å². The van der Waals surface area contributed by atoms with Gasteiger partial charge in [-0.25, -0.2) is 0 Å². The van der Waals surface area contributed by atoms with Crippen LogP contribution in [0.2, 0.25) is 5.02 Å². The van der Waals surface area contributed by atoms with Gasteiger partial charge in [0.2, 0.25) is 0 Å². The average molecular weight is 332 g/mol. The molecule has 0 aliphatic rings. The minimum atomic E-state index is -0.393. The summed E-state index contributed by atoms with van der Waals surface area (Å²) in [5.41, 5.74) is 0.476. The van der Waals surface area contributed by atoms with E-state index in [4.69, 9.17) is 16.0 Å². The van der Waals surface area contributed by atoms with E-state index in [1.165, 1.54) is 0 Å². The molecule has 3 aromatic rings. The van der Waals surface area contributed by atoms with Gasteiger partial charge in [0.05, 0.1) is 24.0 Å². The molecular weight excluding hydrogens is 314 g/mol. The molecule has 7 heteroatoms. The molecule has 6 nitrogen and oxygen atoms in total. The number of furan rings is 1. The number of benzene rings is 1. The molecule has 0 bridgehead atoms. The molecule has 0 fully saturated rings. The van der Waals surface area contributed by atoms with Crippen LogP contribution in [0.5, 0.6) is 0 Å². The number of nitrogens with zero attached hydrogens (tertiary/aromatic N) is 4. The molecule has 2 heterocycles. The van der Waals surface area contributed by atoms with Gasteiger partial charge < -0.3 is 4.42 Å². The van der Waals surface area contributed by atoms with Gasteiger partial charge in [0, 0.05) is 5.02 Å². The largest absolute Gasteiger partial charge is 0.468 e. The maximum Gasteiger partial charge on any atom is 0.176 e. The predicted molar refractivity (Wildman–Crippen MR) is 87.4 cm³/mol. The van der Waals surface area contributed by atoms with E-state index < -0.39 is 5.54 Å². The van der Waals surface area contributed by atoms with E-state index in [1.807, 2.05) is 36.4 Å². The minimum Gasteiger partial charge on any atom is -0.468 e. The molecule has 0 aliphatic heterocycles. The van der Waals surface area contributed by atoms with E-state index in [2.05, 4.69) is 34.7 Å². The van der Waals surface area contributed by atoms with Crippen molar-refractivity contribution < 1.29 is 4.42 Å². The second-order valence-electron chi connectivity index (χ2n) is 5.51. The molecular formula is C16H18ClN5O. The lowest BCUT2D eigenvalue weighted by atomic mass is 9.97. The third-order valence-electron chi connectivity index (χ3n) is 3.97. The van der Waals surface area contributed by atoms with Gasteiger partial charge in [0.15, 0.2) is 5.82 Å². The van der Waals surface area contributed by atoms with E-state index in [9.17, 15) is 0 Å². The fourth-order valence-electron chi connectivity index (χ4n) is 2.34. The van der Waals surface area contributed by atoms with Gasteiger partial charge in [0.25, 0.3) is 0 Å². The highest BCUT2D eigenvalue weighted by Crippen LogP contribution is 2.25. The van der Waals surface area contributed by atoms with Gasteiger partial charge >= 0.3 is 0 Å². The van der Waals surface area contributed by atoms with Gasteiger partial charge in [-0.1, -0.05) is 18.5 Å². The van der Waals surface area contributed by atoms with Crippen LogP contribution < -0.4 is 5.32 Å². The molecule has 1 unspecified atom stereocenters. The maximum absolute atomic E-state index is 5.95. The summed E-state index contributed by atoms with van der Waals surface area (Å²) in [6.07, 6.45) is 2.49. The van der Waals surface area contributed by atoms with Crippen LogP contribution in [0.3, 0.4) is 0 Å². The highest BCUT2D eigenvalue weighted by molar-refractivity contribution is 6.30. The molecule has 0 aliphatic carbocycles. The van der Waals surface area contributed by atoms with Crippen LogP contribution in [0.1, 0.15) is 31.9 Å². The third kappa shape index (κ3) is 3.28. The molecule has 0 saturated heterocycles. The van der Waals surface area contributed by atoms with Crippen LogP contribution >= 0.6 is 11.6 Å². The zero-order chi connectivity index (χ0) is 16.3. The van der Waals surface area contributed by atoms with Crippen molar-refractivity contribution >= 4 is 11.6 Å². The number of halogens is 1. The Labute approximate surface area is 139 Å². The highest BCUT2D eigenvalue weighted by atomic mass is 35.5.